The van der Waals surface area contributed by atoms with Crippen molar-refractivity contribution in [3.05, 3.63) is 83.9 Å². The maximum Gasteiger partial charge on any atom is 0.191 e. The molecule has 7 heteroatoms. The van der Waals surface area contributed by atoms with Gasteiger partial charge in [-0.3, -0.25) is 0 Å². The normalized spacial score (nSPS) is 11.4. The number of aromatic nitrogens is 2. The Morgan fingerprint density at radius 1 is 1.00 bits per heavy atom. The van der Waals surface area contributed by atoms with E-state index in [1.54, 1.807) is 13.3 Å². The number of aliphatic imine (C=N–C) groups is 1. The van der Waals surface area contributed by atoms with Crippen LogP contribution in [0.3, 0.4) is 0 Å². The number of methoxy groups -OCH3 is 1. The highest BCUT2D eigenvalue weighted by molar-refractivity contribution is 5.79. The minimum atomic E-state index is 0.592. The Hall–Kier alpha value is -3.32. The molecular weight excluding hydrogens is 402 g/mol. The standard InChI is InChI=1S/C25H33N5O2/c1-3-32-16-4-13-27-25(29-18-22-9-11-24(31-2)12-10-22)28-17-21-5-7-23(8-6-21)19-30-15-14-26-20-30/h5-12,14-15,20H,3-4,13,16-19H2,1-2H3,(H2,27,28,29). The molecule has 3 aromatic rings. The van der Waals surface area contributed by atoms with Crippen molar-refractivity contribution >= 4 is 5.96 Å². The van der Waals surface area contributed by atoms with E-state index in [1.165, 1.54) is 11.1 Å². The maximum atomic E-state index is 5.43. The van der Waals surface area contributed by atoms with Crippen LogP contribution in [0.2, 0.25) is 0 Å². The summed E-state index contributed by atoms with van der Waals surface area (Å²) in [7, 11) is 1.67. The first-order chi connectivity index (χ1) is 15.8. The molecular formula is C25H33N5O2. The summed E-state index contributed by atoms with van der Waals surface area (Å²) in [4.78, 5) is 8.84. The average Bonchev–Trinajstić information content (AvgIpc) is 3.34. The minimum Gasteiger partial charge on any atom is -0.497 e. The number of imidazole rings is 1. The van der Waals surface area contributed by atoms with E-state index in [2.05, 4.69) is 44.5 Å². The molecule has 0 saturated heterocycles. The van der Waals surface area contributed by atoms with Crippen LogP contribution in [0.4, 0.5) is 0 Å². The van der Waals surface area contributed by atoms with E-state index in [9.17, 15) is 0 Å². The topological polar surface area (TPSA) is 72.7 Å². The minimum absolute atomic E-state index is 0.592. The van der Waals surface area contributed by atoms with Gasteiger partial charge in [0.1, 0.15) is 5.75 Å². The fourth-order valence-electron chi connectivity index (χ4n) is 3.14. The van der Waals surface area contributed by atoms with Crippen molar-refractivity contribution in [3.8, 4) is 5.75 Å². The third kappa shape index (κ3) is 8.07. The SMILES string of the molecule is CCOCCCNC(=NCc1ccc(OC)cc1)NCc1ccc(Cn2ccnc2)cc1. The molecule has 7 nitrogen and oxygen atoms in total. The lowest BCUT2D eigenvalue weighted by Gasteiger charge is -2.13. The van der Waals surface area contributed by atoms with Crippen LogP contribution < -0.4 is 15.4 Å². The zero-order valence-electron chi connectivity index (χ0n) is 19.0. The zero-order valence-corrected chi connectivity index (χ0v) is 19.0. The van der Waals surface area contributed by atoms with Crippen LogP contribution in [0, 0.1) is 0 Å². The van der Waals surface area contributed by atoms with E-state index in [-0.39, 0.29) is 0 Å². The van der Waals surface area contributed by atoms with Gasteiger partial charge in [-0.1, -0.05) is 36.4 Å². The average molecular weight is 436 g/mol. The zero-order chi connectivity index (χ0) is 22.4. The lowest BCUT2D eigenvalue weighted by atomic mass is 10.1. The molecule has 1 aromatic heterocycles. The summed E-state index contributed by atoms with van der Waals surface area (Å²) < 4.78 is 12.7. The van der Waals surface area contributed by atoms with Gasteiger partial charge in [-0.25, -0.2) is 9.98 Å². The second kappa shape index (κ2) is 13.2. The van der Waals surface area contributed by atoms with Gasteiger partial charge in [0.05, 0.1) is 20.0 Å². The van der Waals surface area contributed by atoms with E-state index in [1.807, 2.05) is 43.7 Å². The van der Waals surface area contributed by atoms with Crippen molar-refractivity contribution in [1.82, 2.24) is 20.2 Å². The number of ether oxygens (including phenoxy) is 2. The molecule has 2 N–H and O–H groups in total. The Kier molecular flexibility index (Phi) is 9.61. The molecule has 0 bridgehead atoms. The quantitative estimate of drug-likeness (QED) is 0.258. The van der Waals surface area contributed by atoms with Gasteiger partial charge in [0.25, 0.3) is 0 Å². The van der Waals surface area contributed by atoms with E-state index >= 15 is 0 Å². The molecule has 32 heavy (non-hydrogen) atoms. The van der Waals surface area contributed by atoms with Gasteiger partial charge < -0.3 is 24.7 Å². The first kappa shape index (κ1) is 23.3. The van der Waals surface area contributed by atoms with Gasteiger partial charge in [0.2, 0.25) is 0 Å². The van der Waals surface area contributed by atoms with Gasteiger partial charge >= 0.3 is 0 Å². The first-order valence-corrected chi connectivity index (χ1v) is 11.0. The molecule has 3 rings (SSSR count). The number of nitrogens with zero attached hydrogens (tertiary/aromatic N) is 3. The number of hydrogen-bond donors (Lipinski definition) is 2. The van der Waals surface area contributed by atoms with Crippen molar-refractivity contribution < 1.29 is 9.47 Å². The Morgan fingerprint density at radius 3 is 2.44 bits per heavy atom. The smallest absolute Gasteiger partial charge is 0.191 e. The van der Waals surface area contributed by atoms with Gasteiger partial charge in [-0.15, -0.1) is 0 Å². The number of guanidine groups is 1. The fourth-order valence-corrected chi connectivity index (χ4v) is 3.14. The monoisotopic (exact) mass is 435 g/mol. The van der Waals surface area contributed by atoms with Crippen molar-refractivity contribution in [1.29, 1.82) is 0 Å². The Bertz CT molecular complexity index is 922. The largest absolute Gasteiger partial charge is 0.497 e. The third-order valence-corrected chi connectivity index (χ3v) is 4.95. The van der Waals surface area contributed by atoms with Crippen LogP contribution in [0.1, 0.15) is 30.0 Å². The number of rotatable bonds is 12. The van der Waals surface area contributed by atoms with Crippen molar-refractivity contribution in [2.75, 3.05) is 26.9 Å². The summed E-state index contributed by atoms with van der Waals surface area (Å²) in [5, 5.41) is 6.85. The first-order valence-electron chi connectivity index (χ1n) is 11.0. The van der Waals surface area contributed by atoms with Crippen LogP contribution in [0.25, 0.3) is 0 Å². The molecule has 0 fully saturated rings. The van der Waals surface area contributed by atoms with Gasteiger partial charge in [-0.2, -0.15) is 0 Å². The second-order valence-electron chi connectivity index (χ2n) is 7.40. The van der Waals surface area contributed by atoms with E-state index < -0.39 is 0 Å². The molecule has 0 amide bonds. The summed E-state index contributed by atoms with van der Waals surface area (Å²) in [5.41, 5.74) is 3.58. The lowest BCUT2D eigenvalue weighted by Crippen LogP contribution is -2.37. The summed E-state index contributed by atoms with van der Waals surface area (Å²) >= 11 is 0. The van der Waals surface area contributed by atoms with Crippen molar-refractivity contribution in [3.63, 3.8) is 0 Å². The Labute approximate surface area is 190 Å². The molecule has 0 aliphatic carbocycles. The van der Waals surface area contributed by atoms with Gasteiger partial charge in [-0.05, 0) is 42.2 Å². The number of benzene rings is 2. The van der Waals surface area contributed by atoms with Crippen LogP contribution in [-0.4, -0.2) is 42.4 Å². The summed E-state index contributed by atoms with van der Waals surface area (Å²) in [5.74, 6) is 1.64. The van der Waals surface area contributed by atoms with Crippen molar-refractivity contribution in [2.24, 2.45) is 4.99 Å². The van der Waals surface area contributed by atoms with Gasteiger partial charge in [0, 0.05) is 45.2 Å². The molecule has 1 heterocycles. The molecule has 0 aliphatic heterocycles. The summed E-state index contributed by atoms with van der Waals surface area (Å²) in [6.07, 6.45) is 6.53. The van der Waals surface area contributed by atoms with Crippen LogP contribution >= 0.6 is 0 Å². The lowest BCUT2D eigenvalue weighted by molar-refractivity contribution is 0.145. The highest BCUT2D eigenvalue weighted by atomic mass is 16.5. The molecule has 0 unspecified atom stereocenters. The van der Waals surface area contributed by atoms with Crippen LogP contribution in [0.5, 0.6) is 5.75 Å². The summed E-state index contributed by atoms with van der Waals surface area (Å²) in [6.45, 7) is 6.42. The van der Waals surface area contributed by atoms with Crippen LogP contribution in [-0.2, 0) is 24.4 Å². The highest BCUT2D eigenvalue weighted by Gasteiger charge is 2.02. The molecule has 170 valence electrons. The Morgan fingerprint density at radius 2 is 1.75 bits per heavy atom. The molecule has 0 radical (unpaired) electrons. The maximum absolute atomic E-state index is 5.43. The number of hydrogen-bond acceptors (Lipinski definition) is 4. The second-order valence-corrected chi connectivity index (χ2v) is 7.40. The van der Waals surface area contributed by atoms with E-state index in [0.717, 1.165) is 50.0 Å². The molecule has 0 atom stereocenters. The highest BCUT2D eigenvalue weighted by Crippen LogP contribution is 2.12. The number of nitrogens with one attached hydrogen (secondary N) is 2. The van der Waals surface area contributed by atoms with E-state index in [4.69, 9.17) is 14.5 Å². The molecule has 0 aliphatic rings. The fraction of sp³-hybridized carbons (Fsp3) is 0.360. The third-order valence-electron chi connectivity index (χ3n) is 4.95. The predicted molar refractivity (Wildman–Crippen MR) is 128 cm³/mol. The summed E-state index contributed by atoms with van der Waals surface area (Å²) in [6, 6.07) is 16.6. The van der Waals surface area contributed by atoms with E-state index in [0.29, 0.717) is 13.1 Å². The predicted octanol–water partition coefficient (Wildman–Crippen LogP) is 3.60. The molecule has 0 spiro atoms. The molecule has 0 saturated carbocycles. The van der Waals surface area contributed by atoms with Crippen molar-refractivity contribution in [2.45, 2.75) is 33.0 Å². The van der Waals surface area contributed by atoms with Gasteiger partial charge in [0.15, 0.2) is 5.96 Å². The molecule has 2 aromatic carbocycles. The van der Waals surface area contributed by atoms with Crippen LogP contribution in [0.15, 0.2) is 72.2 Å². The Balaban J connectivity index is 1.55.